The SMILES string of the molecule is C=C1CC(C)(C)C(C)N1C(/C=N\C)=C(/C)CN(C)C(C)CC. The lowest BCUT2D eigenvalue weighted by atomic mass is 9.85. The summed E-state index contributed by atoms with van der Waals surface area (Å²) in [4.78, 5) is 9.11. The maximum absolute atomic E-state index is 4.31. The minimum absolute atomic E-state index is 0.257. The Balaban J connectivity index is 3.12. The first-order valence-corrected chi connectivity index (χ1v) is 8.44. The summed E-state index contributed by atoms with van der Waals surface area (Å²) in [6.45, 7) is 19.0. The first-order chi connectivity index (χ1) is 10.2. The Morgan fingerprint density at radius 2 is 2.14 bits per heavy atom. The Labute approximate surface area is 137 Å². The van der Waals surface area contributed by atoms with Gasteiger partial charge in [0.05, 0.1) is 5.70 Å². The van der Waals surface area contributed by atoms with Gasteiger partial charge in [0.15, 0.2) is 0 Å². The zero-order chi connectivity index (χ0) is 17.1. The molecular formula is C19H35N3. The lowest BCUT2D eigenvalue weighted by Crippen LogP contribution is -2.36. The van der Waals surface area contributed by atoms with Crippen LogP contribution in [0.5, 0.6) is 0 Å². The van der Waals surface area contributed by atoms with Gasteiger partial charge in [0.25, 0.3) is 0 Å². The largest absolute Gasteiger partial charge is 0.341 e. The van der Waals surface area contributed by atoms with Gasteiger partial charge in [-0.25, -0.2) is 0 Å². The summed E-state index contributed by atoms with van der Waals surface area (Å²) in [5, 5.41) is 0. The van der Waals surface area contributed by atoms with Crippen molar-refractivity contribution in [3.8, 4) is 0 Å². The molecule has 0 aromatic rings. The van der Waals surface area contributed by atoms with Gasteiger partial charge in [-0.15, -0.1) is 0 Å². The number of hydrogen-bond acceptors (Lipinski definition) is 3. The second-order valence-electron chi connectivity index (χ2n) is 7.50. The highest BCUT2D eigenvalue weighted by Gasteiger charge is 2.40. The maximum Gasteiger partial charge on any atom is 0.0594 e. The van der Waals surface area contributed by atoms with E-state index in [-0.39, 0.29) is 5.41 Å². The number of aliphatic imine (C=N–C) groups is 1. The third-order valence-electron chi connectivity index (χ3n) is 5.30. The topological polar surface area (TPSA) is 18.8 Å². The number of rotatable bonds is 6. The highest BCUT2D eigenvalue weighted by atomic mass is 15.2. The molecule has 2 unspecified atom stereocenters. The molecule has 0 aliphatic carbocycles. The van der Waals surface area contributed by atoms with Gasteiger partial charge >= 0.3 is 0 Å². The average molecular weight is 306 g/mol. The van der Waals surface area contributed by atoms with Crippen molar-refractivity contribution in [2.75, 3.05) is 20.6 Å². The van der Waals surface area contributed by atoms with E-state index in [0.29, 0.717) is 12.1 Å². The molecule has 1 saturated heterocycles. The van der Waals surface area contributed by atoms with Crippen LogP contribution >= 0.6 is 0 Å². The van der Waals surface area contributed by atoms with Crippen LogP contribution in [0.4, 0.5) is 0 Å². The van der Waals surface area contributed by atoms with Gasteiger partial charge in [0, 0.05) is 37.6 Å². The predicted octanol–water partition coefficient (Wildman–Crippen LogP) is 4.33. The van der Waals surface area contributed by atoms with Crippen molar-refractivity contribution in [2.45, 2.75) is 66.5 Å². The summed E-state index contributed by atoms with van der Waals surface area (Å²) >= 11 is 0. The van der Waals surface area contributed by atoms with E-state index in [0.717, 1.165) is 13.0 Å². The van der Waals surface area contributed by atoms with Crippen LogP contribution in [-0.4, -0.2) is 48.7 Å². The molecule has 0 N–H and O–H groups in total. The summed E-state index contributed by atoms with van der Waals surface area (Å²) in [6, 6.07) is 1.03. The molecule has 3 heteroatoms. The minimum atomic E-state index is 0.257. The van der Waals surface area contributed by atoms with Crippen LogP contribution in [0.15, 0.2) is 28.5 Å². The number of hydrogen-bond donors (Lipinski definition) is 0. The Morgan fingerprint density at radius 1 is 1.55 bits per heavy atom. The van der Waals surface area contributed by atoms with E-state index >= 15 is 0 Å². The molecule has 0 aromatic heterocycles. The fourth-order valence-electron chi connectivity index (χ4n) is 3.18. The number of allylic oxidation sites excluding steroid dienone is 2. The van der Waals surface area contributed by atoms with Crippen LogP contribution < -0.4 is 0 Å². The van der Waals surface area contributed by atoms with Crippen molar-refractivity contribution in [1.29, 1.82) is 0 Å². The molecule has 126 valence electrons. The van der Waals surface area contributed by atoms with Crippen molar-refractivity contribution in [3.05, 3.63) is 23.5 Å². The smallest absolute Gasteiger partial charge is 0.0594 e. The Kier molecular flexibility index (Phi) is 6.42. The zero-order valence-electron chi connectivity index (χ0n) is 15.9. The third-order valence-corrected chi connectivity index (χ3v) is 5.30. The van der Waals surface area contributed by atoms with E-state index in [9.17, 15) is 0 Å². The van der Waals surface area contributed by atoms with Crippen molar-refractivity contribution in [1.82, 2.24) is 9.80 Å². The van der Waals surface area contributed by atoms with E-state index in [1.165, 1.54) is 23.4 Å². The molecule has 0 saturated carbocycles. The molecular weight excluding hydrogens is 270 g/mol. The van der Waals surface area contributed by atoms with Crippen molar-refractivity contribution >= 4 is 6.21 Å². The van der Waals surface area contributed by atoms with Crippen LogP contribution in [0.3, 0.4) is 0 Å². The highest BCUT2D eigenvalue weighted by Crippen LogP contribution is 2.43. The molecule has 0 bridgehead atoms. The number of nitrogens with zero attached hydrogens (tertiary/aromatic N) is 3. The lowest BCUT2D eigenvalue weighted by molar-refractivity contribution is 0.245. The van der Waals surface area contributed by atoms with Crippen LogP contribution in [0.1, 0.15) is 54.4 Å². The molecule has 1 fully saturated rings. The highest BCUT2D eigenvalue weighted by molar-refractivity contribution is 5.79. The van der Waals surface area contributed by atoms with E-state index in [1.54, 1.807) is 0 Å². The average Bonchev–Trinajstić information content (AvgIpc) is 2.64. The summed E-state index contributed by atoms with van der Waals surface area (Å²) in [7, 11) is 4.05. The zero-order valence-corrected chi connectivity index (χ0v) is 15.9. The van der Waals surface area contributed by atoms with Gasteiger partial charge in [0.1, 0.15) is 0 Å². The van der Waals surface area contributed by atoms with Gasteiger partial charge in [-0.3, -0.25) is 9.89 Å². The Bertz CT molecular complexity index is 459. The van der Waals surface area contributed by atoms with E-state index in [2.05, 4.69) is 70.0 Å². The molecule has 1 aliphatic rings. The molecule has 0 amide bonds. The fourth-order valence-corrected chi connectivity index (χ4v) is 3.18. The number of likely N-dealkylation sites (N-methyl/N-ethyl adjacent to an activating group) is 1. The third kappa shape index (κ3) is 4.01. The monoisotopic (exact) mass is 305 g/mol. The normalized spacial score (nSPS) is 24.3. The fraction of sp³-hybridized carbons (Fsp3) is 0.737. The molecule has 0 radical (unpaired) electrons. The maximum atomic E-state index is 4.31. The first kappa shape index (κ1) is 19.0. The lowest BCUT2D eigenvalue weighted by Gasteiger charge is -2.33. The van der Waals surface area contributed by atoms with Gasteiger partial charge in [-0.05, 0) is 51.6 Å². The quantitative estimate of drug-likeness (QED) is 0.680. The number of likely N-dealkylation sites (tertiary alicyclic amines) is 1. The molecule has 2 atom stereocenters. The van der Waals surface area contributed by atoms with Crippen LogP contribution in [0, 0.1) is 5.41 Å². The van der Waals surface area contributed by atoms with E-state index in [1.807, 2.05) is 13.3 Å². The molecule has 1 aliphatic heterocycles. The van der Waals surface area contributed by atoms with E-state index < -0.39 is 0 Å². The second kappa shape index (κ2) is 7.45. The molecule has 0 spiro atoms. The van der Waals surface area contributed by atoms with Crippen molar-refractivity contribution in [2.24, 2.45) is 10.4 Å². The molecule has 1 heterocycles. The van der Waals surface area contributed by atoms with Crippen LogP contribution in [0.2, 0.25) is 0 Å². The summed E-state index contributed by atoms with van der Waals surface area (Å²) < 4.78 is 0. The molecule has 3 nitrogen and oxygen atoms in total. The predicted molar refractivity (Wildman–Crippen MR) is 98.3 cm³/mol. The van der Waals surface area contributed by atoms with Crippen LogP contribution in [-0.2, 0) is 0 Å². The first-order valence-electron chi connectivity index (χ1n) is 8.44. The molecule has 22 heavy (non-hydrogen) atoms. The summed E-state index contributed by atoms with van der Waals surface area (Å²) in [5.41, 5.74) is 4.05. The van der Waals surface area contributed by atoms with Gasteiger partial charge in [-0.2, -0.15) is 0 Å². The Hall–Kier alpha value is -1.09. The summed E-state index contributed by atoms with van der Waals surface area (Å²) in [5.74, 6) is 0. The standard InChI is InChI=1S/C19H35N3/c1-10-15(3)21(9)13-14(2)18(12-20-8)22-16(4)11-19(6,7)17(22)5/h12,15,17H,4,10-11,13H2,1-3,5-9H3/b18-14-,20-12-. The van der Waals surface area contributed by atoms with Gasteiger partial charge in [-0.1, -0.05) is 27.4 Å². The van der Waals surface area contributed by atoms with Gasteiger partial charge < -0.3 is 4.90 Å². The van der Waals surface area contributed by atoms with E-state index in [4.69, 9.17) is 0 Å². The van der Waals surface area contributed by atoms with Crippen LogP contribution in [0.25, 0.3) is 0 Å². The molecule has 1 rings (SSSR count). The minimum Gasteiger partial charge on any atom is -0.341 e. The Morgan fingerprint density at radius 3 is 2.55 bits per heavy atom. The second-order valence-corrected chi connectivity index (χ2v) is 7.50. The van der Waals surface area contributed by atoms with Crippen molar-refractivity contribution in [3.63, 3.8) is 0 Å². The van der Waals surface area contributed by atoms with Crippen molar-refractivity contribution < 1.29 is 0 Å². The molecule has 0 aromatic carbocycles. The summed E-state index contributed by atoms with van der Waals surface area (Å²) in [6.07, 6.45) is 4.22. The van der Waals surface area contributed by atoms with Gasteiger partial charge in [0.2, 0.25) is 0 Å².